The highest BCUT2D eigenvalue weighted by Gasteiger charge is 2.16. The molecule has 0 aromatic carbocycles. The highest BCUT2D eigenvalue weighted by molar-refractivity contribution is 4.68. The summed E-state index contributed by atoms with van der Waals surface area (Å²) in [7, 11) is 0. The van der Waals surface area contributed by atoms with Gasteiger partial charge in [-0.2, -0.15) is 0 Å². The Morgan fingerprint density at radius 3 is 1.65 bits per heavy atom. The van der Waals surface area contributed by atoms with Crippen LogP contribution in [0.15, 0.2) is 0 Å². The summed E-state index contributed by atoms with van der Waals surface area (Å²) in [5.74, 6) is 0. The molecule has 0 spiro atoms. The second kappa shape index (κ2) is 9.78. The first kappa shape index (κ1) is 19.9. The third-order valence-corrected chi connectivity index (χ3v) is 4.67. The van der Waals surface area contributed by atoms with Crippen molar-refractivity contribution in [1.82, 2.24) is 0 Å². The van der Waals surface area contributed by atoms with Crippen LogP contribution in [0.4, 0.5) is 0 Å². The summed E-state index contributed by atoms with van der Waals surface area (Å²) in [6.07, 6.45) is 9.83. The molecule has 0 saturated heterocycles. The van der Waals surface area contributed by atoms with Crippen molar-refractivity contribution in [1.29, 1.82) is 0 Å². The Morgan fingerprint density at radius 1 is 0.800 bits per heavy atom. The third-order valence-electron chi connectivity index (χ3n) is 4.67. The Kier molecular flexibility index (Phi) is 9.74. The van der Waals surface area contributed by atoms with E-state index in [-0.39, 0.29) is 18.1 Å². The smallest absolute Gasteiger partial charge is 0.0540 e. The van der Waals surface area contributed by atoms with Gasteiger partial charge in [0.1, 0.15) is 0 Å². The van der Waals surface area contributed by atoms with E-state index in [2.05, 4.69) is 34.6 Å². The summed E-state index contributed by atoms with van der Waals surface area (Å²) in [5, 5.41) is 19.2. The van der Waals surface area contributed by atoms with Crippen LogP contribution in [-0.2, 0) is 0 Å². The number of hydrogen-bond acceptors (Lipinski definition) is 2. The normalized spacial score (nSPS) is 14.6. The van der Waals surface area contributed by atoms with Gasteiger partial charge in [-0.25, -0.2) is 0 Å². The van der Waals surface area contributed by atoms with E-state index in [0.717, 1.165) is 38.5 Å². The van der Waals surface area contributed by atoms with Crippen LogP contribution in [0.25, 0.3) is 0 Å². The lowest BCUT2D eigenvalue weighted by Crippen LogP contribution is -2.16. The van der Waals surface area contributed by atoms with E-state index in [9.17, 15) is 10.2 Å². The summed E-state index contributed by atoms with van der Waals surface area (Å²) >= 11 is 0. The van der Waals surface area contributed by atoms with Crippen molar-refractivity contribution in [2.45, 2.75) is 98.5 Å². The van der Waals surface area contributed by atoms with E-state index in [1.54, 1.807) is 0 Å². The molecular formula is C18H38O2. The van der Waals surface area contributed by atoms with Gasteiger partial charge in [0.05, 0.1) is 6.10 Å². The Balaban J connectivity index is 3.53. The van der Waals surface area contributed by atoms with Crippen LogP contribution < -0.4 is 0 Å². The van der Waals surface area contributed by atoms with Crippen LogP contribution >= 0.6 is 0 Å². The summed E-state index contributed by atoms with van der Waals surface area (Å²) in [6, 6.07) is 0. The number of rotatable bonds is 12. The van der Waals surface area contributed by atoms with Crippen molar-refractivity contribution >= 4 is 0 Å². The average Bonchev–Trinajstić information content (AvgIpc) is 2.40. The van der Waals surface area contributed by atoms with Gasteiger partial charge in [0.15, 0.2) is 0 Å². The van der Waals surface area contributed by atoms with E-state index in [4.69, 9.17) is 0 Å². The second-order valence-corrected chi connectivity index (χ2v) is 7.99. The average molecular weight is 286 g/mol. The van der Waals surface area contributed by atoms with Gasteiger partial charge in [-0.3, -0.25) is 0 Å². The predicted octanol–water partition coefficient (Wildman–Crippen LogP) is 4.92. The minimum Gasteiger partial charge on any atom is -0.396 e. The molecule has 0 aliphatic rings. The summed E-state index contributed by atoms with van der Waals surface area (Å²) in [6.45, 7) is 11.3. The molecule has 0 amide bonds. The Labute approximate surface area is 127 Å². The van der Waals surface area contributed by atoms with Crippen molar-refractivity contribution in [3.05, 3.63) is 0 Å². The maximum atomic E-state index is 9.97. The van der Waals surface area contributed by atoms with Gasteiger partial charge < -0.3 is 10.2 Å². The second-order valence-electron chi connectivity index (χ2n) is 7.99. The molecule has 0 radical (unpaired) electrons. The molecule has 20 heavy (non-hydrogen) atoms. The van der Waals surface area contributed by atoms with Gasteiger partial charge in [0, 0.05) is 6.61 Å². The molecule has 0 saturated carbocycles. The SMILES string of the molecule is CCC(C)(C)CCCCC(O)CCCCC(C)(C)CO. The molecule has 0 aromatic rings. The topological polar surface area (TPSA) is 40.5 Å². The molecule has 1 atom stereocenters. The predicted molar refractivity (Wildman–Crippen MR) is 87.9 cm³/mol. The van der Waals surface area contributed by atoms with E-state index < -0.39 is 0 Å². The van der Waals surface area contributed by atoms with Gasteiger partial charge in [0.2, 0.25) is 0 Å². The minimum absolute atomic E-state index is 0.0384. The summed E-state index contributed by atoms with van der Waals surface area (Å²) in [4.78, 5) is 0. The lowest BCUT2D eigenvalue weighted by atomic mass is 9.84. The maximum Gasteiger partial charge on any atom is 0.0540 e. The highest BCUT2D eigenvalue weighted by atomic mass is 16.3. The van der Waals surface area contributed by atoms with Gasteiger partial charge in [-0.15, -0.1) is 0 Å². The molecule has 0 bridgehead atoms. The monoisotopic (exact) mass is 286 g/mol. The molecule has 0 fully saturated rings. The molecule has 2 N–H and O–H groups in total. The van der Waals surface area contributed by atoms with Crippen LogP contribution in [0, 0.1) is 10.8 Å². The molecule has 2 nitrogen and oxygen atoms in total. The number of unbranched alkanes of at least 4 members (excludes halogenated alkanes) is 2. The summed E-state index contributed by atoms with van der Waals surface area (Å²) < 4.78 is 0. The van der Waals surface area contributed by atoms with Crippen LogP contribution in [0.1, 0.15) is 92.4 Å². The lowest BCUT2D eigenvalue weighted by Gasteiger charge is -2.22. The molecule has 1 unspecified atom stereocenters. The standard InChI is InChI=1S/C18H38O2/c1-6-17(2,3)13-9-7-11-16(20)12-8-10-14-18(4,5)15-19/h16,19-20H,6-15H2,1-5H3. The minimum atomic E-state index is -0.128. The van der Waals surface area contributed by atoms with Crippen LogP contribution in [0.2, 0.25) is 0 Å². The Morgan fingerprint density at radius 2 is 1.25 bits per heavy atom. The Hall–Kier alpha value is -0.0800. The fraction of sp³-hybridized carbons (Fsp3) is 1.00. The molecule has 0 aliphatic heterocycles. The van der Waals surface area contributed by atoms with E-state index >= 15 is 0 Å². The molecule has 0 rings (SSSR count). The zero-order chi connectivity index (χ0) is 15.6. The zero-order valence-electron chi connectivity index (χ0n) is 14.5. The van der Waals surface area contributed by atoms with Crippen LogP contribution in [0.3, 0.4) is 0 Å². The number of aliphatic hydroxyl groups excluding tert-OH is 2. The fourth-order valence-corrected chi connectivity index (χ4v) is 2.37. The highest BCUT2D eigenvalue weighted by Crippen LogP contribution is 2.27. The number of aliphatic hydroxyl groups is 2. The third kappa shape index (κ3) is 10.7. The van der Waals surface area contributed by atoms with Gasteiger partial charge >= 0.3 is 0 Å². The van der Waals surface area contributed by atoms with Gasteiger partial charge in [0.25, 0.3) is 0 Å². The van der Waals surface area contributed by atoms with Crippen molar-refractivity contribution in [2.24, 2.45) is 10.8 Å². The largest absolute Gasteiger partial charge is 0.396 e. The fourth-order valence-electron chi connectivity index (χ4n) is 2.37. The van der Waals surface area contributed by atoms with E-state index in [1.165, 1.54) is 19.3 Å². The quantitative estimate of drug-likeness (QED) is 0.500. The van der Waals surface area contributed by atoms with E-state index in [1.807, 2.05) is 0 Å². The first-order valence-corrected chi connectivity index (χ1v) is 8.51. The molecular weight excluding hydrogens is 248 g/mol. The van der Waals surface area contributed by atoms with Gasteiger partial charge in [-0.05, 0) is 36.5 Å². The van der Waals surface area contributed by atoms with Gasteiger partial charge in [-0.1, -0.05) is 66.7 Å². The summed E-state index contributed by atoms with van der Waals surface area (Å²) in [5.41, 5.74) is 0.498. The Bertz CT molecular complexity index is 210. The van der Waals surface area contributed by atoms with Crippen molar-refractivity contribution in [2.75, 3.05) is 6.61 Å². The number of hydrogen-bond donors (Lipinski definition) is 2. The molecule has 0 aliphatic carbocycles. The molecule has 2 heteroatoms. The molecule has 122 valence electrons. The molecule has 0 heterocycles. The first-order valence-electron chi connectivity index (χ1n) is 8.51. The van der Waals surface area contributed by atoms with Crippen molar-refractivity contribution in [3.8, 4) is 0 Å². The van der Waals surface area contributed by atoms with Crippen LogP contribution in [0.5, 0.6) is 0 Å². The first-order chi connectivity index (χ1) is 9.22. The molecule has 0 aromatic heterocycles. The van der Waals surface area contributed by atoms with E-state index in [0.29, 0.717) is 5.41 Å². The van der Waals surface area contributed by atoms with Crippen molar-refractivity contribution < 1.29 is 10.2 Å². The zero-order valence-corrected chi connectivity index (χ0v) is 14.5. The lowest BCUT2D eigenvalue weighted by molar-refractivity contribution is 0.131. The maximum absolute atomic E-state index is 9.97. The van der Waals surface area contributed by atoms with Crippen LogP contribution in [-0.4, -0.2) is 22.9 Å². The van der Waals surface area contributed by atoms with Crippen molar-refractivity contribution in [3.63, 3.8) is 0 Å².